The molecular formula is C99H158O10. The Bertz CT molecular complexity index is 3150. The number of rotatable bonds is 33. The summed E-state index contributed by atoms with van der Waals surface area (Å²) in [5.74, 6) is 11.2. The van der Waals surface area contributed by atoms with E-state index in [0.29, 0.717) is 42.3 Å². The molecule has 6 saturated carbocycles. The van der Waals surface area contributed by atoms with Gasteiger partial charge in [0.2, 0.25) is 25.2 Å². The summed E-state index contributed by atoms with van der Waals surface area (Å²) in [7, 11) is 1.68. The van der Waals surface area contributed by atoms with Crippen molar-refractivity contribution in [2.45, 2.75) is 380 Å². The van der Waals surface area contributed by atoms with E-state index in [-0.39, 0.29) is 59.2 Å². The fourth-order valence-corrected chi connectivity index (χ4v) is 16.3. The van der Waals surface area contributed by atoms with Gasteiger partial charge in [0, 0.05) is 41.8 Å². The molecule has 5 aromatic rings. The minimum absolute atomic E-state index is 0.0349. The molecule has 614 valence electrons. The zero-order valence-electron chi connectivity index (χ0n) is 73.5. The zero-order valence-corrected chi connectivity index (χ0v) is 73.5. The van der Waals surface area contributed by atoms with Crippen LogP contribution in [0.25, 0.3) is 0 Å². The lowest BCUT2D eigenvalue weighted by atomic mass is 9.49. The highest BCUT2D eigenvalue weighted by Crippen LogP contribution is 2.62. The van der Waals surface area contributed by atoms with Gasteiger partial charge in [0.1, 0.15) is 28.7 Å². The summed E-state index contributed by atoms with van der Waals surface area (Å²) < 4.78 is 60.4. The molecule has 6 aliphatic carbocycles. The molecule has 10 atom stereocenters. The molecule has 0 aliphatic heterocycles. The van der Waals surface area contributed by atoms with E-state index in [9.17, 15) is 0 Å². The van der Waals surface area contributed by atoms with Crippen molar-refractivity contribution < 1.29 is 47.4 Å². The minimum atomic E-state index is -0.239. The first-order valence-corrected chi connectivity index (χ1v) is 43.8. The van der Waals surface area contributed by atoms with Gasteiger partial charge in [-0.3, -0.25) is 0 Å². The molecule has 5 aromatic carbocycles. The van der Waals surface area contributed by atoms with Crippen molar-refractivity contribution in [1.82, 2.24) is 0 Å². The Morgan fingerprint density at radius 2 is 0.688 bits per heavy atom. The smallest absolute Gasteiger partial charge is 0.205 e. The van der Waals surface area contributed by atoms with Gasteiger partial charge < -0.3 is 47.4 Å². The predicted octanol–water partition coefficient (Wildman–Crippen LogP) is 28.7. The van der Waals surface area contributed by atoms with Gasteiger partial charge in [0.05, 0.1) is 18.8 Å². The van der Waals surface area contributed by atoms with Crippen molar-refractivity contribution in [1.29, 1.82) is 0 Å². The van der Waals surface area contributed by atoms with Crippen LogP contribution in [0.1, 0.15) is 364 Å². The van der Waals surface area contributed by atoms with Crippen LogP contribution < -0.4 is 23.7 Å². The Morgan fingerprint density at radius 3 is 1.00 bits per heavy atom. The molecule has 10 unspecified atom stereocenters. The number of methoxy groups -OCH3 is 1. The lowest BCUT2D eigenvalue weighted by Gasteiger charge is -2.58. The zero-order chi connectivity index (χ0) is 79.9. The third kappa shape index (κ3) is 31.3. The molecule has 11 rings (SSSR count). The summed E-state index contributed by atoms with van der Waals surface area (Å²) in [4.78, 5) is 0. The highest BCUT2D eigenvalue weighted by Gasteiger charge is 2.56. The molecule has 0 aromatic heterocycles. The van der Waals surface area contributed by atoms with Crippen molar-refractivity contribution in [2.24, 2.45) is 45.3 Å². The second-order valence-electron chi connectivity index (χ2n) is 37.0. The Morgan fingerprint density at radius 1 is 0.367 bits per heavy atom. The van der Waals surface area contributed by atoms with Crippen molar-refractivity contribution in [3.8, 4) is 28.7 Å². The largest absolute Gasteiger partial charge is 0.465 e. The van der Waals surface area contributed by atoms with Crippen LogP contribution in [-0.2, 0) is 23.7 Å². The lowest BCUT2D eigenvalue weighted by Crippen LogP contribution is -2.54. The molecule has 6 fully saturated rings. The molecule has 109 heavy (non-hydrogen) atoms. The summed E-state index contributed by atoms with van der Waals surface area (Å²) in [6, 6.07) is 42.5. The number of ether oxygens (including phenoxy) is 10. The summed E-state index contributed by atoms with van der Waals surface area (Å²) in [6.45, 7) is 51.4. The maximum atomic E-state index is 6.73. The first kappa shape index (κ1) is 92.8. The van der Waals surface area contributed by atoms with E-state index >= 15 is 0 Å². The van der Waals surface area contributed by atoms with Crippen molar-refractivity contribution in [2.75, 3.05) is 20.3 Å². The summed E-state index contributed by atoms with van der Waals surface area (Å²) >= 11 is 0. The quantitative estimate of drug-likeness (QED) is 0.0378. The number of hydrogen-bond acceptors (Lipinski definition) is 10. The molecule has 0 amide bonds. The molecule has 10 nitrogen and oxygen atoms in total. The van der Waals surface area contributed by atoms with E-state index in [1.165, 1.54) is 143 Å². The van der Waals surface area contributed by atoms with Crippen LogP contribution in [0.4, 0.5) is 0 Å². The van der Waals surface area contributed by atoms with E-state index in [2.05, 4.69) is 223 Å². The molecule has 0 N–H and O–H groups in total. The average Bonchev–Trinajstić information content (AvgIpc) is 0.737. The minimum Gasteiger partial charge on any atom is -0.465 e. The van der Waals surface area contributed by atoms with Gasteiger partial charge >= 0.3 is 0 Å². The molecule has 0 saturated heterocycles. The molecule has 4 bridgehead atoms. The Balaban J connectivity index is 0.000000217. The first-order chi connectivity index (χ1) is 51.9. The van der Waals surface area contributed by atoms with E-state index < -0.39 is 0 Å². The fourth-order valence-electron chi connectivity index (χ4n) is 16.3. The SMILES string of the molecule is CCC(C)c1ccc(OC(OC(C)C)C(C)(C)C)cc1.CCC(C)c1ccc(OC(OC)C(C)(C)C)cc1.CCC(C)c1ccc(OC(OC2CCCCC2)C(C)(C)C)cc1.CCC(C)c1ccc(OC(OCCC2CCCCC2)C23CC4CC(CC(C4)C2)C3)cc1.CCOC(CC)Oc1ccc(C(C)CC)cc1. The van der Waals surface area contributed by atoms with Crippen LogP contribution in [0.2, 0.25) is 0 Å². The summed E-state index contributed by atoms with van der Waals surface area (Å²) in [5.41, 5.74) is 7.00. The van der Waals surface area contributed by atoms with Crippen LogP contribution in [0.5, 0.6) is 28.7 Å². The maximum absolute atomic E-state index is 6.73. The van der Waals surface area contributed by atoms with E-state index in [4.69, 9.17) is 47.4 Å². The van der Waals surface area contributed by atoms with Gasteiger partial charge in [-0.2, -0.15) is 0 Å². The van der Waals surface area contributed by atoms with Gasteiger partial charge in [0.25, 0.3) is 0 Å². The molecule has 6 aliphatic rings. The first-order valence-electron chi connectivity index (χ1n) is 43.8. The van der Waals surface area contributed by atoms with Gasteiger partial charge in [0.15, 0.2) is 6.29 Å². The molecule has 0 radical (unpaired) electrons. The number of hydrogen-bond donors (Lipinski definition) is 0. The molecular weight excluding hydrogens is 1350 g/mol. The van der Waals surface area contributed by atoms with Crippen LogP contribution >= 0.6 is 0 Å². The van der Waals surface area contributed by atoms with Gasteiger partial charge in [-0.1, -0.05) is 251 Å². The van der Waals surface area contributed by atoms with Gasteiger partial charge in [-0.25, -0.2) is 0 Å². The fraction of sp³-hybridized carbons (Fsp3) is 0.697. The standard InChI is InChI=1S/C29H44O2.C21H34O2.C18H30O2.C16H26O2.C15H24O2/c1-3-21(2)26-9-11-27(12-10-26)31-28(30-14-13-22-7-5-4-6-8-22)29-18-23-15-24(19-29)17-25(16-23)20-29;1-6-16(2)17-12-14-19(15-13-17)23-20(21(3,4)5)22-18-10-8-7-9-11-18;1-8-14(4)15-9-11-16(12-10-15)20-17(18(5,6)7)19-13(2)3;1-7-12(2)13-8-10-14(11-9-13)18-15(17-6)16(3,4)5;1-5-12(4)13-8-10-14(11-9-13)17-15(6-2)16-7-3/h9-12,21-25,28H,3-8,13-20H2,1-2H3;12-16,18,20H,6-11H2,1-5H3;9-14,17H,8H2,1-7H3;8-12,15H,7H2,1-6H3;8-12,15H,5-7H2,1-4H3. The van der Waals surface area contributed by atoms with Crippen LogP contribution in [0.3, 0.4) is 0 Å². The van der Waals surface area contributed by atoms with Crippen molar-refractivity contribution in [3.63, 3.8) is 0 Å². The third-order valence-electron chi connectivity index (χ3n) is 23.9. The normalized spacial score (nSPS) is 21.5. The highest BCUT2D eigenvalue weighted by atomic mass is 16.7. The van der Waals surface area contributed by atoms with Crippen LogP contribution in [0.15, 0.2) is 121 Å². The van der Waals surface area contributed by atoms with Crippen molar-refractivity contribution in [3.05, 3.63) is 149 Å². The van der Waals surface area contributed by atoms with Crippen LogP contribution in [-0.4, -0.2) is 64.0 Å². The third-order valence-corrected chi connectivity index (χ3v) is 23.9. The number of benzene rings is 5. The maximum Gasteiger partial charge on any atom is 0.205 e. The van der Waals surface area contributed by atoms with Crippen molar-refractivity contribution >= 4 is 0 Å². The molecule has 0 spiro atoms. The Hall–Kier alpha value is -5.10. The Labute approximate surface area is 667 Å². The van der Waals surface area contributed by atoms with Crippen LogP contribution in [0, 0.1) is 45.3 Å². The summed E-state index contributed by atoms with van der Waals surface area (Å²) in [5, 5.41) is 0. The molecule has 10 heteroatoms. The van der Waals surface area contributed by atoms with E-state index in [0.717, 1.165) is 91.1 Å². The summed E-state index contributed by atoms with van der Waals surface area (Å²) in [6.07, 6.45) is 29.3. The highest BCUT2D eigenvalue weighted by molar-refractivity contribution is 5.33. The Kier molecular flexibility index (Phi) is 39.4. The van der Waals surface area contributed by atoms with E-state index in [1.54, 1.807) is 7.11 Å². The monoisotopic (exact) mass is 1510 g/mol. The van der Waals surface area contributed by atoms with Gasteiger partial charge in [-0.15, -0.1) is 0 Å². The second-order valence-corrected chi connectivity index (χ2v) is 37.0. The average molecular weight is 1510 g/mol. The topological polar surface area (TPSA) is 92.3 Å². The predicted molar refractivity (Wildman–Crippen MR) is 457 cm³/mol. The second kappa shape index (κ2) is 46.3. The molecule has 0 heterocycles. The van der Waals surface area contributed by atoms with Gasteiger partial charge in [-0.05, 0) is 252 Å². The van der Waals surface area contributed by atoms with E-state index in [1.807, 2.05) is 57.2 Å². The lowest BCUT2D eigenvalue weighted by molar-refractivity contribution is -0.216.